The lowest BCUT2D eigenvalue weighted by atomic mass is 9.74. The van der Waals surface area contributed by atoms with Gasteiger partial charge in [-0.2, -0.15) is 0 Å². The summed E-state index contributed by atoms with van der Waals surface area (Å²) < 4.78 is 5.52. The first-order valence-electron chi connectivity index (χ1n) is 5.51. The third-order valence-electron chi connectivity index (χ3n) is 3.35. The van der Waals surface area contributed by atoms with Crippen molar-refractivity contribution in [3.63, 3.8) is 0 Å². The summed E-state index contributed by atoms with van der Waals surface area (Å²) in [7, 11) is 0. The predicted molar refractivity (Wildman–Crippen MR) is 61.3 cm³/mol. The fraction of sp³-hybridized carbons (Fsp3) is 0.308. The summed E-state index contributed by atoms with van der Waals surface area (Å²) in [6, 6.07) is 9.38. The summed E-state index contributed by atoms with van der Waals surface area (Å²) in [5, 5.41) is 0.953. The smallest absolute Gasteiger partial charge is 0.217 e. The second-order valence-corrected chi connectivity index (χ2v) is 4.49. The Morgan fingerprint density at radius 3 is 2.69 bits per heavy atom. The molecule has 0 radical (unpaired) electrons. The van der Waals surface area contributed by atoms with E-state index in [1.807, 2.05) is 24.3 Å². The monoisotopic (exact) mass is 215 g/mol. The number of benzene rings is 1. The lowest BCUT2D eigenvalue weighted by Crippen LogP contribution is -2.53. The van der Waals surface area contributed by atoms with Gasteiger partial charge in [-0.15, -0.1) is 0 Å². The third-order valence-corrected chi connectivity index (χ3v) is 3.35. The molecule has 0 atom stereocenters. The number of hydrogen-bond acceptors (Lipinski definition) is 3. The second-order valence-electron chi connectivity index (χ2n) is 4.49. The molecule has 0 amide bonds. The number of furan rings is 1. The van der Waals surface area contributed by atoms with E-state index in [0.717, 1.165) is 30.2 Å². The van der Waals surface area contributed by atoms with Crippen molar-refractivity contribution in [3.05, 3.63) is 36.1 Å². The molecule has 1 fully saturated rings. The molecule has 1 aromatic heterocycles. The number of carbonyl (C=O) groups excluding carboxylic acids is 1. The van der Waals surface area contributed by atoms with Crippen molar-refractivity contribution in [2.75, 3.05) is 0 Å². The van der Waals surface area contributed by atoms with Crippen LogP contribution in [0.2, 0.25) is 0 Å². The van der Waals surface area contributed by atoms with Crippen LogP contribution in [0.25, 0.3) is 11.0 Å². The zero-order chi connectivity index (χ0) is 11.2. The number of hydrogen-bond donors (Lipinski definition) is 1. The lowest BCUT2D eigenvalue weighted by Gasteiger charge is -2.35. The Morgan fingerprint density at radius 2 is 2.06 bits per heavy atom. The predicted octanol–water partition coefficient (Wildman–Crippen LogP) is 2.50. The minimum Gasteiger partial charge on any atom is -0.453 e. The van der Waals surface area contributed by atoms with Gasteiger partial charge in [-0.05, 0) is 31.4 Å². The van der Waals surface area contributed by atoms with E-state index in [0.29, 0.717) is 5.76 Å². The summed E-state index contributed by atoms with van der Waals surface area (Å²) in [6.45, 7) is 0. The van der Waals surface area contributed by atoms with Gasteiger partial charge in [0.05, 0.1) is 5.54 Å². The molecule has 0 bridgehead atoms. The van der Waals surface area contributed by atoms with Crippen LogP contribution in [0.15, 0.2) is 34.7 Å². The lowest BCUT2D eigenvalue weighted by molar-refractivity contribution is 0.0773. The fourth-order valence-electron chi connectivity index (χ4n) is 2.12. The van der Waals surface area contributed by atoms with E-state index in [-0.39, 0.29) is 5.78 Å². The average molecular weight is 215 g/mol. The molecule has 3 nitrogen and oxygen atoms in total. The standard InChI is InChI=1S/C13H13NO2/c14-13(6-3-7-13)12(15)11-8-9-4-1-2-5-10(9)16-11/h1-2,4-5,8H,3,6-7,14H2. The Morgan fingerprint density at radius 1 is 1.31 bits per heavy atom. The second kappa shape index (κ2) is 3.19. The molecule has 2 N–H and O–H groups in total. The largest absolute Gasteiger partial charge is 0.453 e. The van der Waals surface area contributed by atoms with Gasteiger partial charge in [0.15, 0.2) is 5.76 Å². The average Bonchev–Trinajstić information content (AvgIpc) is 2.68. The third kappa shape index (κ3) is 1.28. The van der Waals surface area contributed by atoms with Crippen LogP contribution in [0.1, 0.15) is 29.8 Å². The zero-order valence-electron chi connectivity index (χ0n) is 8.90. The van der Waals surface area contributed by atoms with E-state index < -0.39 is 5.54 Å². The molecule has 1 heterocycles. The topological polar surface area (TPSA) is 56.2 Å². The summed E-state index contributed by atoms with van der Waals surface area (Å²) in [4.78, 5) is 12.1. The van der Waals surface area contributed by atoms with Crippen molar-refractivity contribution in [2.45, 2.75) is 24.8 Å². The van der Waals surface area contributed by atoms with Gasteiger partial charge in [0, 0.05) is 5.39 Å². The number of rotatable bonds is 2. The molecule has 1 aliphatic rings. The van der Waals surface area contributed by atoms with Crippen LogP contribution in [0, 0.1) is 0 Å². The Balaban J connectivity index is 2.03. The van der Waals surface area contributed by atoms with Gasteiger partial charge in [-0.3, -0.25) is 4.79 Å². The molecule has 1 aliphatic carbocycles. The van der Waals surface area contributed by atoms with Gasteiger partial charge >= 0.3 is 0 Å². The minimum atomic E-state index is -0.673. The van der Waals surface area contributed by atoms with Crippen LogP contribution in [-0.2, 0) is 0 Å². The molecule has 0 aliphatic heterocycles. The first kappa shape index (κ1) is 9.60. The molecule has 16 heavy (non-hydrogen) atoms. The first-order chi connectivity index (χ1) is 7.69. The quantitative estimate of drug-likeness (QED) is 0.783. The number of fused-ring (bicyclic) bond motifs is 1. The van der Waals surface area contributed by atoms with E-state index in [4.69, 9.17) is 10.2 Å². The molecule has 1 aromatic carbocycles. The van der Waals surface area contributed by atoms with Crippen molar-refractivity contribution in [1.82, 2.24) is 0 Å². The van der Waals surface area contributed by atoms with E-state index in [1.165, 1.54) is 0 Å². The molecule has 1 saturated carbocycles. The number of ketones is 1. The number of para-hydroxylation sites is 1. The zero-order valence-corrected chi connectivity index (χ0v) is 8.90. The minimum absolute atomic E-state index is 0.0602. The van der Waals surface area contributed by atoms with Gasteiger partial charge in [0.1, 0.15) is 5.58 Å². The maximum Gasteiger partial charge on any atom is 0.217 e. The Kier molecular flexibility index (Phi) is 1.91. The summed E-state index contributed by atoms with van der Waals surface area (Å²) in [6.07, 6.45) is 2.56. The summed E-state index contributed by atoms with van der Waals surface area (Å²) in [5.74, 6) is 0.332. The Labute approximate surface area is 93.2 Å². The maximum atomic E-state index is 12.1. The molecule has 0 unspecified atom stereocenters. The highest BCUT2D eigenvalue weighted by Crippen LogP contribution is 2.33. The van der Waals surface area contributed by atoms with Gasteiger partial charge in [0.25, 0.3) is 0 Å². The molecule has 2 aromatic rings. The molecule has 0 spiro atoms. The van der Waals surface area contributed by atoms with Crippen molar-refractivity contribution < 1.29 is 9.21 Å². The van der Waals surface area contributed by atoms with Gasteiger partial charge in [-0.25, -0.2) is 0 Å². The number of nitrogens with two attached hydrogens (primary N) is 1. The van der Waals surface area contributed by atoms with E-state index in [9.17, 15) is 4.79 Å². The SMILES string of the molecule is NC1(C(=O)c2cc3ccccc3o2)CCC1. The van der Waals surface area contributed by atoms with E-state index in [1.54, 1.807) is 6.07 Å². The molecule has 3 heteroatoms. The van der Waals surface area contributed by atoms with Gasteiger partial charge < -0.3 is 10.2 Å². The number of carbonyl (C=O) groups is 1. The highest BCUT2D eigenvalue weighted by atomic mass is 16.3. The van der Waals surface area contributed by atoms with Crippen molar-refractivity contribution in [3.8, 4) is 0 Å². The van der Waals surface area contributed by atoms with Crippen molar-refractivity contribution >= 4 is 16.8 Å². The van der Waals surface area contributed by atoms with Crippen molar-refractivity contribution in [1.29, 1.82) is 0 Å². The molecular formula is C13H13NO2. The molecular weight excluding hydrogens is 202 g/mol. The van der Waals surface area contributed by atoms with Crippen molar-refractivity contribution in [2.24, 2.45) is 5.73 Å². The van der Waals surface area contributed by atoms with Gasteiger partial charge in [-0.1, -0.05) is 18.2 Å². The summed E-state index contributed by atoms with van der Waals surface area (Å²) in [5.41, 5.74) is 6.06. The van der Waals surface area contributed by atoms with E-state index in [2.05, 4.69) is 0 Å². The fourth-order valence-corrected chi connectivity index (χ4v) is 2.12. The van der Waals surface area contributed by atoms with Gasteiger partial charge in [0.2, 0.25) is 5.78 Å². The Hall–Kier alpha value is -1.61. The van der Waals surface area contributed by atoms with Crippen LogP contribution < -0.4 is 5.73 Å². The van der Waals surface area contributed by atoms with E-state index >= 15 is 0 Å². The molecule has 0 saturated heterocycles. The van der Waals surface area contributed by atoms with Crippen LogP contribution in [-0.4, -0.2) is 11.3 Å². The normalized spacial score (nSPS) is 18.3. The van der Waals surface area contributed by atoms with Crippen LogP contribution >= 0.6 is 0 Å². The Bertz CT molecular complexity index is 519. The van der Waals surface area contributed by atoms with Crippen LogP contribution in [0.4, 0.5) is 0 Å². The number of Topliss-reactive ketones (excluding diaryl/α,β-unsaturated/α-hetero) is 1. The molecule has 3 rings (SSSR count). The summed E-state index contributed by atoms with van der Waals surface area (Å²) >= 11 is 0. The highest BCUT2D eigenvalue weighted by Gasteiger charge is 2.41. The van der Waals surface area contributed by atoms with Crippen LogP contribution in [0.5, 0.6) is 0 Å². The van der Waals surface area contributed by atoms with Crippen LogP contribution in [0.3, 0.4) is 0 Å². The highest BCUT2D eigenvalue weighted by molar-refractivity contribution is 6.04. The first-order valence-corrected chi connectivity index (χ1v) is 5.51. The maximum absolute atomic E-state index is 12.1. The molecule has 82 valence electrons.